The molecule has 0 aliphatic rings. The van der Waals surface area contributed by atoms with Crippen LogP contribution in [0.3, 0.4) is 0 Å². The Morgan fingerprint density at radius 3 is 2.62 bits per heavy atom. The Morgan fingerprint density at radius 2 is 1.88 bits per heavy atom. The molecule has 0 aliphatic carbocycles. The zero-order valence-corrected chi connectivity index (χ0v) is 10.1. The minimum Gasteiger partial charge on any atom is -0.486 e. The highest BCUT2D eigenvalue weighted by Crippen LogP contribution is 2.18. The number of rotatable bonds is 3. The van der Waals surface area contributed by atoms with Crippen LogP contribution in [0.25, 0.3) is 0 Å². The van der Waals surface area contributed by atoms with Gasteiger partial charge >= 0.3 is 0 Å². The van der Waals surface area contributed by atoms with Crippen LogP contribution in [-0.2, 0) is 6.61 Å². The van der Waals surface area contributed by atoms with Gasteiger partial charge in [-0.05, 0) is 29.8 Å². The summed E-state index contributed by atoms with van der Waals surface area (Å²) in [6.45, 7) is 0.361. The molecular formula is C13H10BrFO. The molecule has 2 rings (SSSR count). The van der Waals surface area contributed by atoms with Gasteiger partial charge in [0.1, 0.15) is 6.61 Å². The lowest BCUT2D eigenvalue weighted by molar-refractivity contribution is 0.290. The third-order valence-corrected chi connectivity index (χ3v) is 2.61. The molecule has 0 saturated carbocycles. The molecule has 3 heteroatoms. The molecule has 0 aliphatic heterocycles. The molecule has 0 unspecified atom stereocenters. The van der Waals surface area contributed by atoms with Gasteiger partial charge in [0.05, 0.1) is 0 Å². The summed E-state index contributed by atoms with van der Waals surface area (Å²) in [5, 5.41) is 0. The lowest BCUT2D eigenvalue weighted by atomic mass is 10.2. The highest BCUT2D eigenvalue weighted by Gasteiger charge is 2.01. The normalized spacial score (nSPS) is 10.1. The van der Waals surface area contributed by atoms with Gasteiger partial charge in [0.2, 0.25) is 0 Å². The molecule has 16 heavy (non-hydrogen) atoms. The van der Waals surface area contributed by atoms with Gasteiger partial charge in [-0.1, -0.05) is 40.2 Å². The second kappa shape index (κ2) is 5.12. The van der Waals surface area contributed by atoms with Gasteiger partial charge in [-0.25, -0.2) is 4.39 Å². The van der Waals surface area contributed by atoms with Crippen LogP contribution in [0.1, 0.15) is 5.56 Å². The van der Waals surface area contributed by atoms with Gasteiger partial charge in [-0.15, -0.1) is 0 Å². The first-order valence-electron chi connectivity index (χ1n) is 4.87. The van der Waals surface area contributed by atoms with E-state index < -0.39 is 0 Å². The van der Waals surface area contributed by atoms with Crippen LogP contribution in [0.5, 0.6) is 5.75 Å². The number of ether oxygens (including phenoxy) is 1. The fourth-order valence-corrected chi connectivity index (χ4v) is 1.80. The molecule has 2 aromatic carbocycles. The van der Waals surface area contributed by atoms with E-state index in [4.69, 9.17) is 4.74 Å². The average Bonchev–Trinajstić information content (AvgIpc) is 2.28. The number of halogens is 2. The largest absolute Gasteiger partial charge is 0.486 e. The molecule has 0 heterocycles. The van der Waals surface area contributed by atoms with Crippen LogP contribution in [-0.4, -0.2) is 0 Å². The third-order valence-electron chi connectivity index (χ3n) is 2.12. The molecule has 0 bridgehead atoms. The van der Waals surface area contributed by atoms with Crippen molar-refractivity contribution in [1.29, 1.82) is 0 Å². The van der Waals surface area contributed by atoms with Crippen molar-refractivity contribution in [2.45, 2.75) is 6.61 Å². The Bertz CT molecular complexity index is 485. The fraction of sp³-hybridized carbons (Fsp3) is 0.0769. The average molecular weight is 281 g/mol. The molecule has 0 aromatic heterocycles. The summed E-state index contributed by atoms with van der Waals surface area (Å²) in [7, 11) is 0. The van der Waals surface area contributed by atoms with E-state index in [9.17, 15) is 4.39 Å². The summed E-state index contributed by atoms with van der Waals surface area (Å²) >= 11 is 3.37. The minimum absolute atomic E-state index is 0.280. The number of para-hydroxylation sites is 1. The third kappa shape index (κ3) is 2.83. The van der Waals surface area contributed by atoms with Gasteiger partial charge in [-0.3, -0.25) is 0 Å². The first kappa shape index (κ1) is 11.1. The monoisotopic (exact) mass is 280 g/mol. The van der Waals surface area contributed by atoms with Gasteiger partial charge in [-0.2, -0.15) is 0 Å². The molecule has 82 valence electrons. The molecule has 0 amide bonds. The zero-order chi connectivity index (χ0) is 11.4. The maximum atomic E-state index is 13.2. The Hall–Kier alpha value is -1.35. The minimum atomic E-state index is -0.336. The van der Waals surface area contributed by atoms with E-state index in [1.54, 1.807) is 18.2 Å². The molecule has 0 atom stereocenters. The van der Waals surface area contributed by atoms with E-state index in [2.05, 4.69) is 15.9 Å². The van der Waals surface area contributed by atoms with Crippen molar-refractivity contribution in [2.75, 3.05) is 0 Å². The van der Waals surface area contributed by atoms with Crippen molar-refractivity contribution in [3.05, 3.63) is 64.4 Å². The topological polar surface area (TPSA) is 9.23 Å². The molecule has 0 radical (unpaired) electrons. The molecular weight excluding hydrogens is 271 g/mol. The molecule has 0 fully saturated rings. The Kier molecular flexibility index (Phi) is 3.57. The maximum absolute atomic E-state index is 13.2. The highest BCUT2D eigenvalue weighted by atomic mass is 79.9. The van der Waals surface area contributed by atoms with Gasteiger partial charge in [0.15, 0.2) is 11.6 Å². The summed E-state index contributed by atoms with van der Waals surface area (Å²) in [5.74, 6) is -0.0556. The highest BCUT2D eigenvalue weighted by molar-refractivity contribution is 9.10. The van der Waals surface area contributed by atoms with Gasteiger partial charge < -0.3 is 4.74 Å². The van der Waals surface area contributed by atoms with Crippen molar-refractivity contribution < 1.29 is 9.13 Å². The van der Waals surface area contributed by atoms with E-state index in [0.717, 1.165) is 10.0 Å². The van der Waals surface area contributed by atoms with Crippen LogP contribution in [0.15, 0.2) is 53.0 Å². The van der Waals surface area contributed by atoms with E-state index >= 15 is 0 Å². The Labute approximate surface area is 102 Å². The summed E-state index contributed by atoms with van der Waals surface area (Å²) in [5.41, 5.74) is 0.998. The van der Waals surface area contributed by atoms with Crippen LogP contribution < -0.4 is 4.74 Å². The second-order valence-corrected chi connectivity index (χ2v) is 4.26. The van der Waals surface area contributed by atoms with E-state index in [-0.39, 0.29) is 11.6 Å². The summed E-state index contributed by atoms with van der Waals surface area (Å²) < 4.78 is 19.6. The quantitative estimate of drug-likeness (QED) is 0.820. The Morgan fingerprint density at radius 1 is 1.06 bits per heavy atom. The molecule has 0 N–H and O–H groups in total. The fourth-order valence-electron chi connectivity index (χ4n) is 1.35. The standard InChI is InChI=1S/C13H10BrFO/c14-11-5-3-4-10(8-11)9-16-13-7-2-1-6-12(13)15/h1-8H,9H2. The summed E-state index contributed by atoms with van der Waals surface area (Å²) in [6, 6.07) is 14.1. The lowest BCUT2D eigenvalue weighted by Crippen LogP contribution is -1.96. The second-order valence-electron chi connectivity index (χ2n) is 3.35. The number of hydrogen-bond donors (Lipinski definition) is 0. The van der Waals surface area contributed by atoms with E-state index in [1.807, 2.05) is 24.3 Å². The van der Waals surface area contributed by atoms with E-state index in [0.29, 0.717) is 6.61 Å². The van der Waals surface area contributed by atoms with Crippen molar-refractivity contribution in [3.63, 3.8) is 0 Å². The summed E-state index contributed by atoms with van der Waals surface area (Å²) in [6.07, 6.45) is 0. The zero-order valence-electron chi connectivity index (χ0n) is 8.49. The van der Waals surface area contributed by atoms with Gasteiger partial charge in [0.25, 0.3) is 0 Å². The van der Waals surface area contributed by atoms with Gasteiger partial charge in [0, 0.05) is 4.47 Å². The predicted molar refractivity (Wildman–Crippen MR) is 64.9 cm³/mol. The Balaban J connectivity index is 2.05. The first-order chi connectivity index (χ1) is 7.75. The molecule has 2 aromatic rings. The summed E-state index contributed by atoms with van der Waals surface area (Å²) in [4.78, 5) is 0. The predicted octanol–water partition coefficient (Wildman–Crippen LogP) is 4.17. The van der Waals surface area contributed by atoms with Crippen LogP contribution in [0.4, 0.5) is 4.39 Å². The van der Waals surface area contributed by atoms with Crippen LogP contribution in [0, 0.1) is 5.82 Å². The lowest BCUT2D eigenvalue weighted by Gasteiger charge is -2.07. The van der Waals surface area contributed by atoms with Crippen molar-refractivity contribution in [1.82, 2.24) is 0 Å². The molecule has 1 nitrogen and oxygen atoms in total. The first-order valence-corrected chi connectivity index (χ1v) is 5.67. The van der Waals surface area contributed by atoms with Crippen LogP contribution in [0.2, 0.25) is 0 Å². The molecule has 0 spiro atoms. The van der Waals surface area contributed by atoms with Crippen molar-refractivity contribution in [2.24, 2.45) is 0 Å². The number of hydrogen-bond acceptors (Lipinski definition) is 1. The van der Waals surface area contributed by atoms with Crippen LogP contribution >= 0.6 is 15.9 Å². The number of benzene rings is 2. The van der Waals surface area contributed by atoms with Crippen molar-refractivity contribution >= 4 is 15.9 Å². The van der Waals surface area contributed by atoms with E-state index in [1.165, 1.54) is 6.07 Å². The maximum Gasteiger partial charge on any atom is 0.165 e. The molecule has 0 saturated heterocycles. The van der Waals surface area contributed by atoms with Crippen molar-refractivity contribution in [3.8, 4) is 5.75 Å². The smallest absolute Gasteiger partial charge is 0.165 e. The SMILES string of the molecule is Fc1ccccc1OCc1cccc(Br)c1.